The van der Waals surface area contributed by atoms with Gasteiger partial charge in [-0.25, -0.2) is 0 Å². The van der Waals surface area contributed by atoms with E-state index in [9.17, 15) is 0 Å². The van der Waals surface area contributed by atoms with Crippen molar-refractivity contribution < 1.29 is 0 Å². The van der Waals surface area contributed by atoms with Crippen LogP contribution in [-0.2, 0) is 0 Å². The van der Waals surface area contributed by atoms with Gasteiger partial charge in [-0.15, -0.1) is 11.3 Å². The average Bonchev–Trinajstić information content (AvgIpc) is 3.92. The molecule has 0 radical (unpaired) electrons. The number of nitrogens with zero attached hydrogens (tertiary/aromatic N) is 2. The standard InChI is InChI=1S/C52H32N2S/c1-3-14-33(15-4-1)42-32-36-16-7-8-19-38(36)51-50(42)44-31-35(27-29-47(44)54(51)48-24-13-22-41-40-21-10-12-25-49(40)55-52(41)48)34-26-28-46-43(30-34)39-20-9-11-23-45(39)53(46)37-17-5-2-6-18-37/h1-32H. The molecule has 3 heteroatoms. The quantitative estimate of drug-likeness (QED) is 0.172. The first-order chi connectivity index (χ1) is 27.3. The number of benzene rings is 9. The van der Waals surface area contributed by atoms with Crippen LogP contribution >= 0.6 is 11.3 Å². The van der Waals surface area contributed by atoms with Crippen LogP contribution in [0.3, 0.4) is 0 Å². The molecule has 0 saturated carbocycles. The monoisotopic (exact) mass is 716 g/mol. The highest BCUT2D eigenvalue weighted by Gasteiger charge is 2.22. The summed E-state index contributed by atoms with van der Waals surface area (Å²) in [6.45, 7) is 0. The second-order valence-electron chi connectivity index (χ2n) is 14.5. The summed E-state index contributed by atoms with van der Waals surface area (Å²) in [6, 6.07) is 71.4. The zero-order valence-electron chi connectivity index (χ0n) is 29.8. The smallest absolute Gasteiger partial charge is 0.0641 e. The first-order valence-corrected chi connectivity index (χ1v) is 19.7. The van der Waals surface area contributed by atoms with Gasteiger partial charge in [0.1, 0.15) is 0 Å². The Morgan fingerprint density at radius 1 is 0.364 bits per heavy atom. The van der Waals surface area contributed by atoms with Gasteiger partial charge in [0, 0.05) is 48.1 Å². The van der Waals surface area contributed by atoms with E-state index in [2.05, 4.69) is 203 Å². The third-order valence-corrected chi connectivity index (χ3v) is 12.7. The summed E-state index contributed by atoms with van der Waals surface area (Å²) in [5.74, 6) is 0. The van der Waals surface area contributed by atoms with E-state index in [0.29, 0.717) is 0 Å². The first kappa shape index (κ1) is 30.5. The molecule has 0 unspecified atom stereocenters. The minimum Gasteiger partial charge on any atom is -0.309 e. The van der Waals surface area contributed by atoms with E-state index >= 15 is 0 Å². The van der Waals surface area contributed by atoms with Crippen LogP contribution in [-0.4, -0.2) is 9.13 Å². The molecule has 3 heterocycles. The van der Waals surface area contributed by atoms with Crippen molar-refractivity contribution in [1.82, 2.24) is 9.13 Å². The minimum absolute atomic E-state index is 1.17. The fourth-order valence-electron chi connectivity index (χ4n) is 9.08. The van der Waals surface area contributed by atoms with Crippen LogP contribution < -0.4 is 0 Å². The van der Waals surface area contributed by atoms with E-state index in [-0.39, 0.29) is 0 Å². The maximum atomic E-state index is 2.55. The fourth-order valence-corrected chi connectivity index (χ4v) is 10.3. The molecule has 12 aromatic rings. The minimum atomic E-state index is 1.17. The molecule has 0 bridgehead atoms. The van der Waals surface area contributed by atoms with Crippen LogP contribution in [0.2, 0.25) is 0 Å². The molecular weight excluding hydrogens is 685 g/mol. The van der Waals surface area contributed by atoms with Crippen molar-refractivity contribution in [3.05, 3.63) is 194 Å². The van der Waals surface area contributed by atoms with Crippen LogP contribution in [0.1, 0.15) is 0 Å². The predicted octanol–water partition coefficient (Wildman–Crippen LogP) is 14.7. The van der Waals surface area contributed by atoms with Crippen molar-refractivity contribution in [3.63, 3.8) is 0 Å². The van der Waals surface area contributed by atoms with Crippen molar-refractivity contribution in [2.24, 2.45) is 0 Å². The summed E-state index contributed by atoms with van der Waals surface area (Å²) < 4.78 is 7.56. The maximum Gasteiger partial charge on any atom is 0.0641 e. The van der Waals surface area contributed by atoms with Gasteiger partial charge >= 0.3 is 0 Å². The van der Waals surface area contributed by atoms with E-state index in [1.54, 1.807) is 0 Å². The molecule has 256 valence electrons. The van der Waals surface area contributed by atoms with Gasteiger partial charge in [0.2, 0.25) is 0 Å². The van der Waals surface area contributed by atoms with E-state index < -0.39 is 0 Å². The molecule has 0 aliphatic rings. The molecule has 0 saturated heterocycles. The van der Waals surface area contributed by atoms with Crippen LogP contribution in [0.15, 0.2) is 194 Å². The van der Waals surface area contributed by atoms with Crippen molar-refractivity contribution in [2.45, 2.75) is 0 Å². The Labute approximate surface area is 321 Å². The van der Waals surface area contributed by atoms with Gasteiger partial charge in [-0.1, -0.05) is 133 Å². The number of hydrogen-bond acceptors (Lipinski definition) is 1. The number of fused-ring (bicyclic) bond motifs is 11. The van der Waals surface area contributed by atoms with Gasteiger partial charge in [0.15, 0.2) is 0 Å². The van der Waals surface area contributed by atoms with Crippen molar-refractivity contribution >= 4 is 85.9 Å². The summed E-state index contributed by atoms with van der Waals surface area (Å²) in [5, 5.41) is 10.2. The summed E-state index contributed by atoms with van der Waals surface area (Å²) in [5.41, 5.74) is 12.2. The summed E-state index contributed by atoms with van der Waals surface area (Å²) in [6.07, 6.45) is 0. The van der Waals surface area contributed by atoms with E-state index in [1.165, 1.54) is 108 Å². The molecule has 9 aromatic carbocycles. The van der Waals surface area contributed by atoms with Gasteiger partial charge in [-0.05, 0) is 88.3 Å². The summed E-state index contributed by atoms with van der Waals surface area (Å²) in [4.78, 5) is 0. The summed E-state index contributed by atoms with van der Waals surface area (Å²) >= 11 is 1.89. The molecular formula is C52H32N2S. The molecule has 3 aromatic heterocycles. The van der Waals surface area contributed by atoms with E-state index in [4.69, 9.17) is 0 Å². The molecule has 0 aliphatic carbocycles. The topological polar surface area (TPSA) is 9.86 Å². The van der Waals surface area contributed by atoms with Gasteiger partial charge in [0.25, 0.3) is 0 Å². The lowest BCUT2D eigenvalue weighted by molar-refractivity contribution is 1.18. The lowest BCUT2D eigenvalue weighted by atomic mass is 9.94. The number of thiophene rings is 1. The normalized spacial score (nSPS) is 12.0. The zero-order chi connectivity index (χ0) is 36.0. The fraction of sp³-hybridized carbons (Fsp3) is 0. The van der Waals surface area contributed by atoms with E-state index in [1.807, 2.05) is 11.3 Å². The number of aromatic nitrogens is 2. The molecule has 2 nitrogen and oxygen atoms in total. The Bertz CT molecular complexity index is 3470. The van der Waals surface area contributed by atoms with Gasteiger partial charge in [0.05, 0.1) is 32.5 Å². The Kier molecular flexibility index (Phi) is 6.54. The molecule has 12 rings (SSSR count). The maximum absolute atomic E-state index is 2.55. The molecule has 0 fully saturated rings. The van der Waals surface area contributed by atoms with Crippen LogP contribution in [0.5, 0.6) is 0 Å². The Morgan fingerprint density at radius 3 is 1.80 bits per heavy atom. The van der Waals surface area contributed by atoms with E-state index in [0.717, 1.165) is 0 Å². The van der Waals surface area contributed by atoms with Gasteiger partial charge in [-0.2, -0.15) is 0 Å². The summed E-state index contributed by atoms with van der Waals surface area (Å²) in [7, 11) is 0. The Morgan fingerprint density at radius 2 is 0.982 bits per heavy atom. The Hall–Kier alpha value is -6.94. The highest BCUT2D eigenvalue weighted by Crippen LogP contribution is 2.46. The molecule has 0 aliphatic heterocycles. The SMILES string of the molecule is c1ccc(-c2cc3ccccc3c3c2c2cc(-c4ccc5c(c4)c4ccccc4n5-c4ccccc4)ccc2n3-c2cccc3c2sc2ccccc23)cc1. The third kappa shape index (κ3) is 4.48. The zero-order valence-corrected chi connectivity index (χ0v) is 30.6. The Balaban J connectivity index is 1.19. The van der Waals surface area contributed by atoms with Gasteiger partial charge in [-0.3, -0.25) is 0 Å². The van der Waals surface area contributed by atoms with Crippen LogP contribution in [0.4, 0.5) is 0 Å². The number of hydrogen-bond donors (Lipinski definition) is 0. The molecule has 0 amide bonds. The lowest BCUT2D eigenvalue weighted by Gasteiger charge is -2.13. The molecule has 0 N–H and O–H groups in total. The third-order valence-electron chi connectivity index (χ3n) is 11.5. The highest BCUT2D eigenvalue weighted by molar-refractivity contribution is 7.26. The second-order valence-corrected chi connectivity index (χ2v) is 15.5. The number of para-hydroxylation sites is 2. The first-order valence-electron chi connectivity index (χ1n) is 18.9. The van der Waals surface area contributed by atoms with Crippen molar-refractivity contribution in [2.75, 3.05) is 0 Å². The lowest BCUT2D eigenvalue weighted by Crippen LogP contribution is -1.95. The second kappa shape index (κ2) is 11.8. The molecule has 0 spiro atoms. The molecule has 0 atom stereocenters. The van der Waals surface area contributed by atoms with Gasteiger partial charge < -0.3 is 9.13 Å². The highest BCUT2D eigenvalue weighted by atomic mass is 32.1. The van der Waals surface area contributed by atoms with Crippen molar-refractivity contribution in [3.8, 4) is 33.6 Å². The van der Waals surface area contributed by atoms with Crippen LogP contribution in [0, 0.1) is 0 Å². The number of rotatable bonds is 4. The average molecular weight is 717 g/mol. The molecule has 55 heavy (non-hydrogen) atoms. The predicted molar refractivity (Wildman–Crippen MR) is 236 cm³/mol. The largest absolute Gasteiger partial charge is 0.309 e. The van der Waals surface area contributed by atoms with Crippen molar-refractivity contribution in [1.29, 1.82) is 0 Å². The van der Waals surface area contributed by atoms with Crippen LogP contribution in [0.25, 0.3) is 108 Å².